The summed E-state index contributed by atoms with van der Waals surface area (Å²) < 4.78 is 96.0. The van der Waals surface area contributed by atoms with Crippen LogP contribution in [0.4, 0.5) is 43.4 Å². The molecule has 0 saturated carbocycles. The first-order chi connectivity index (χ1) is 27.7. The number of ether oxygens (including phenoxy) is 4. The van der Waals surface area contributed by atoms with Gasteiger partial charge in [-0.25, -0.2) is 4.39 Å². The fourth-order valence-corrected chi connectivity index (χ4v) is 4.06. The summed E-state index contributed by atoms with van der Waals surface area (Å²) in [6, 6.07) is 4.23. The van der Waals surface area contributed by atoms with Crippen LogP contribution in [0.15, 0.2) is 36.4 Å². The fraction of sp³-hybridized carbons (Fsp3) is 0.588. The van der Waals surface area contributed by atoms with Gasteiger partial charge in [-0.2, -0.15) is 29.1 Å². The number of carbonyl (C=O) groups excluding carboxylic acids is 3. The maximum absolute atomic E-state index is 13.8. The molecule has 0 aliphatic carbocycles. The van der Waals surface area contributed by atoms with E-state index in [0.29, 0.717) is 0 Å². The van der Waals surface area contributed by atoms with E-state index >= 15 is 0 Å². The number of nitrogens with zero attached hydrogens (tertiary/aromatic N) is 3. The number of rotatable bonds is 9. The van der Waals surface area contributed by atoms with Gasteiger partial charge in [0.15, 0.2) is 5.75 Å². The fourth-order valence-electron chi connectivity index (χ4n) is 4.06. The van der Waals surface area contributed by atoms with Crippen molar-refractivity contribution in [3.05, 3.63) is 113 Å². The first-order valence-corrected chi connectivity index (χ1v) is 18.3. The molecule has 3 rings (SSSR count). The van der Waals surface area contributed by atoms with Crippen molar-refractivity contribution >= 4 is 57.6 Å². The smallest absolute Gasteiger partial charge is 0.857 e. The average Bonchev–Trinajstić information content (AvgIpc) is 3.17. The first kappa shape index (κ1) is 129. The molecule has 3 aromatic carbocycles. The van der Waals surface area contributed by atoms with E-state index in [1.54, 1.807) is 13.8 Å². The molecule has 0 aromatic heterocycles. The summed E-state index contributed by atoms with van der Waals surface area (Å²) in [5, 5.41) is 39.4. The normalized spacial score (nSPS) is 7.96. The van der Waals surface area contributed by atoms with Crippen LogP contribution in [0.25, 0.3) is 0 Å². The zero-order valence-electron chi connectivity index (χ0n) is 35.2. The molecule has 3 aromatic rings. The van der Waals surface area contributed by atoms with Crippen molar-refractivity contribution in [2.75, 3.05) is 40.5 Å². The van der Waals surface area contributed by atoms with Gasteiger partial charge in [0.1, 0.15) is 5.82 Å². The van der Waals surface area contributed by atoms with E-state index in [1.165, 1.54) is 55.1 Å². The zero-order valence-corrected chi connectivity index (χ0v) is 39.4. The minimum atomic E-state index is -1.52. The summed E-state index contributed by atoms with van der Waals surface area (Å²) in [4.78, 5) is 63.2. The summed E-state index contributed by atoms with van der Waals surface area (Å²) in [5.74, 6) is -9.60. The predicted octanol–water partition coefficient (Wildman–Crippen LogP) is 13.9. The second-order valence-electron chi connectivity index (χ2n) is 12.2. The minimum absolute atomic E-state index is 0. The number of esters is 3. The molecule has 0 radical (unpaired) electrons. The largest absolute Gasteiger partial charge is 1.00 e. The van der Waals surface area contributed by atoms with Gasteiger partial charge in [0.2, 0.25) is 29.1 Å². The number of halogens is 7. The molecule has 25 heteroatoms. The third kappa shape index (κ3) is 38.8. The summed E-state index contributed by atoms with van der Waals surface area (Å²) >= 11 is 2.15. The van der Waals surface area contributed by atoms with Crippen LogP contribution in [0.2, 0.25) is 0 Å². The van der Waals surface area contributed by atoms with Gasteiger partial charge in [0, 0.05) is 12.1 Å². The third-order valence-electron chi connectivity index (χ3n) is 7.30. The third-order valence-corrected chi connectivity index (χ3v) is 7.30. The van der Waals surface area contributed by atoms with Crippen molar-refractivity contribution < 1.29 is 109 Å². The van der Waals surface area contributed by atoms with Crippen molar-refractivity contribution in [1.82, 2.24) is 0 Å². The van der Waals surface area contributed by atoms with Crippen molar-refractivity contribution in [2.45, 2.75) is 164 Å². The molecule has 0 amide bonds. The molecular weight excluding hydrogens is 1140 g/mol. The van der Waals surface area contributed by atoms with Crippen LogP contribution in [-0.4, -0.2) is 73.2 Å². The number of benzene rings is 3. The Kier molecular flexibility index (Phi) is 104. The van der Waals surface area contributed by atoms with E-state index < -0.39 is 89.5 Å². The molecule has 0 bridgehead atoms. The maximum Gasteiger partial charge on any atom is 1.00 e. The van der Waals surface area contributed by atoms with Crippen molar-refractivity contribution in [3.63, 3.8) is 0 Å². The van der Waals surface area contributed by atoms with Crippen LogP contribution in [0.5, 0.6) is 5.75 Å². The Hall–Kier alpha value is -4.66. The molecule has 0 unspecified atom stereocenters. The van der Waals surface area contributed by atoms with Crippen LogP contribution < -0.4 is 39.4 Å². The van der Waals surface area contributed by atoms with Crippen LogP contribution in [0.1, 0.15) is 164 Å². The van der Waals surface area contributed by atoms with Gasteiger partial charge in [0.05, 0.1) is 60.0 Å². The minimum Gasteiger partial charge on any atom is -0.857 e. The molecule has 0 saturated heterocycles. The summed E-state index contributed by atoms with van der Waals surface area (Å²) in [6.07, 6.45) is 0. The van der Waals surface area contributed by atoms with Crippen molar-refractivity contribution in [1.29, 1.82) is 0 Å². The number of methoxy groups -OCH3 is 4. The Morgan fingerprint density at radius 2 is 0.697 bits per heavy atom. The summed E-state index contributed by atoms with van der Waals surface area (Å²) in [6.45, 7) is 9.45. The molecule has 0 atom stereocenters. The van der Waals surface area contributed by atoms with Gasteiger partial charge in [0.25, 0.3) is 0 Å². The van der Waals surface area contributed by atoms with Gasteiger partial charge < -0.3 is 24.1 Å². The monoisotopic (exact) mass is 1250 g/mol. The van der Waals surface area contributed by atoms with Crippen molar-refractivity contribution in [2.24, 2.45) is 5.92 Å². The number of nitro groups is 3. The Labute approximate surface area is 492 Å². The molecule has 0 aliphatic heterocycles. The van der Waals surface area contributed by atoms with E-state index in [2.05, 4.69) is 36.8 Å². The number of carbonyl (C=O) groups is 3. The number of nitro benzene ring substituents is 3. The van der Waals surface area contributed by atoms with E-state index in [0.717, 1.165) is 32.4 Å². The van der Waals surface area contributed by atoms with E-state index in [4.69, 9.17) is 9.84 Å². The summed E-state index contributed by atoms with van der Waals surface area (Å²) in [7, 11) is 5.68. The standard InChI is InChI=1S/C12H14FNO5.C11H11F2NO4.C6H2F3NO2.C5H10O2.CH3I.CH3O.15CH4.Na/c1-12(2,11(15)19-4)7-5-8(13)10(14(16)17)9(6-7)18-3;1-11(2,10(15)18-3)6-4-7(12)9(14(16)17)8(13)5-6;7-3-1-4(8)6(10(11)12)5(9)2-3;1-4(2)5(6)7-3;2*1-2;;;;;;;;;;;;;;;;/h5-6H,1-4H3;4-5H,1-3H3;1-2H;4H,1-3H3;2*1H3;15*1H4;/q;;;;;-1;;;;;;;;;;;;;;;;+1. The number of hydrogen-bond acceptors (Lipinski definition) is 14. The first-order valence-electron chi connectivity index (χ1n) is 16.2. The molecule has 0 spiro atoms. The van der Waals surface area contributed by atoms with Gasteiger partial charge in [-0.15, -0.1) is 0 Å². The van der Waals surface area contributed by atoms with Gasteiger partial charge in [-0.1, -0.05) is 148 Å². The van der Waals surface area contributed by atoms with Gasteiger partial charge in [-0.05, 0) is 68.0 Å². The topological polar surface area (TPSA) is 241 Å². The molecule has 456 valence electrons. The summed E-state index contributed by atoms with van der Waals surface area (Å²) in [5.41, 5.74) is -5.57. The molecule has 17 nitrogen and oxygen atoms in total. The average molecular weight is 1250 g/mol. The Morgan fingerprint density at radius 3 is 0.882 bits per heavy atom. The molecule has 0 fully saturated rings. The van der Waals surface area contributed by atoms with E-state index in [1.807, 2.05) is 4.93 Å². The molecule has 0 heterocycles. The quantitative estimate of drug-likeness (QED) is 0.0283. The Bertz CT molecular complexity index is 1940. The Balaban J connectivity index is -0.0000000317. The second-order valence-corrected chi connectivity index (χ2v) is 12.2. The zero-order chi connectivity index (χ0) is 48.0. The van der Waals surface area contributed by atoms with Gasteiger partial charge in [-0.3, -0.25) is 44.7 Å². The van der Waals surface area contributed by atoms with Crippen molar-refractivity contribution in [3.8, 4) is 5.75 Å². The maximum atomic E-state index is 13.8. The van der Waals surface area contributed by atoms with Crippen LogP contribution in [0.3, 0.4) is 0 Å². The van der Waals surface area contributed by atoms with Crippen LogP contribution in [0, 0.1) is 71.2 Å². The number of hydrogen-bond donors (Lipinski definition) is 0. The molecular formula is C51H103F6IN3NaO14. The van der Waals surface area contributed by atoms with Crippen LogP contribution >= 0.6 is 22.6 Å². The van der Waals surface area contributed by atoms with Gasteiger partial charge >= 0.3 is 64.5 Å². The SMILES string of the molecule is C.C.C.C.C.C.C.C.C.C.C.C.C.C.C.CI.COC(=O)C(C)(C)c1cc(F)c([N+](=O)[O-])c(F)c1.COC(=O)C(C)(C)c1cc(F)c([N+](=O)[O-])c(OC)c1.COC(=O)C(C)C.C[O-].O=[N+]([O-])c1c(F)cc(F)cc1F.[Na+]. The van der Waals surface area contributed by atoms with Crippen LogP contribution in [-0.2, 0) is 39.4 Å². The molecule has 0 aliphatic rings. The predicted molar refractivity (Wildman–Crippen MR) is 309 cm³/mol. The van der Waals surface area contributed by atoms with E-state index in [9.17, 15) is 71.1 Å². The molecule has 76 heavy (non-hydrogen) atoms. The van der Waals surface area contributed by atoms with E-state index in [-0.39, 0.29) is 182 Å². The Morgan fingerprint density at radius 1 is 0.474 bits per heavy atom. The second kappa shape index (κ2) is 61.2. The molecule has 0 N–H and O–H groups in total. The number of alkyl halides is 1.